The van der Waals surface area contributed by atoms with Crippen molar-refractivity contribution < 1.29 is 4.92 Å². The first-order valence-corrected chi connectivity index (χ1v) is 7.37. The fourth-order valence-corrected chi connectivity index (χ4v) is 2.94. The lowest BCUT2D eigenvalue weighted by molar-refractivity contribution is -0.384. The van der Waals surface area contributed by atoms with Crippen molar-refractivity contribution in [3.05, 3.63) is 54.2 Å². The number of nitrogens with zero attached hydrogens (tertiary/aromatic N) is 1. The van der Waals surface area contributed by atoms with Gasteiger partial charge in [0.2, 0.25) is 0 Å². The standard InChI is InChI=1S/C13H13BrN2O2S/c1-8-3-11(12(16(17)18)4-9(8)2)15-6-10-5-13(14)19-7-10/h3-5,7,15H,6H2,1-2H3. The Morgan fingerprint density at radius 2 is 2.00 bits per heavy atom. The Morgan fingerprint density at radius 3 is 2.58 bits per heavy atom. The second-order valence-corrected chi connectivity index (χ2v) is 6.61. The summed E-state index contributed by atoms with van der Waals surface area (Å²) in [4.78, 5) is 10.7. The molecule has 1 aromatic carbocycles. The molecule has 1 heterocycles. The average molecular weight is 341 g/mol. The minimum absolute atomic E-state index is 0.123. The molecule has 0 aliphatic heterocycles. The molecular formula is C13H13BrN2O2S. The monoisotopic (exact) mass is 340 g/mol. The van der Waals surface area contributed by atoms with E-state index in [0.717, 1.165) is 20.5 Å². The molecule has 0 saturated heterocycles. The van der Waals surface area contributed by atoms with Crippen LogP contribution in [0.25, 0.3) is 0 Å². The molecule has 1 N–H and O–H groups in total. The topological polar surface area (TPSA) is 55.2 Å². The van der Waals surface area contributed by atoms with Crippen LogP contribution in [0.1, 0.15) is 16.7 Å². The highest BCUT2D eigenvalue weighted by Gasteiger charge is 2.15. The number of hydrogen-bond acceptors (Lipinski definition) is 4. The second-order valence-electron chi connectivity index (χ2n) is 4.32. The third-order valence-electron chi connectivity index (χ3n) is 2.91. The number of nitro groups is 1. The van der Waals surface area contributed by atoms with E-state index < -0.39 is 0 Å². The van der Waals surface area contributed by atoms with Crippen molar-refractivity contribution in [3.8, 4) is 0 Å². The lowest BCUT2D eigenvalue weighted by Crippen LogP contribution is -2.03. The van der Waals surface area contributed by atoms with Gasteiger partial charge in [-0.15, -0.1) is 11.3 Å². The van der Waals surface area contributed by atoms with Crippen LogP contribution in [0.3, 0.4) is 0 Å². The largest absolute Gasteiger partial charge is 0.375 e. The van der Waals surface area contributed by atoms with Gasteiger partial charge in [-0.05, 0) is 64.0 Å². The molecule has 0 spiro atoms. The van der Waals surface area contributed by atoms with E-state index >= 15 is 0 Å². The molecule has 0 fully saturated rings. The number of hydrogen-bond donors (Lipinski definition) is 1. The van der Waals surface area contributed by atoms with E-state index in [9.17, 15) is 10.1 Å². The SMILES string of the molecule is Cc1cc(NCc2csc(Br)c2)c([N+](=O)[O-])cc1C. The number of thiophene rings is 1. The van der Waals surface area contributed by atoms with Gasteiger partial charge in [-0.3, -0.25) is 10.1 Å². The van der Waals surface area contributed by atoms with Gasteiger partial charge in [0.05, 0.1) is 8.71 Å². The summed E-state index contributed by atoms with van der Waals surface area (Å²) in [7, 11) is 0. The van der Waals surface area contributed by atoms with Crippen LogP contribution >= 0.6 is 27.3 Å². The number of benzene rings is 1. The van der Waals surface area contributed by atoms with Crippen molar-refractivity contribution >= 4 is 38.6 Å². The summed E-state index contributed by atoms with van der Waals surface area (Å²) in [6.45, 7) is 4.40. The minimum atomic E-state index is -0.349. The minimum Gasteiger partial charge on any atom is -0.375 e. The van der Waals surface area contributed by atoms with E-state index in [0.29, 0.717) is 12.2 Å². The number of halogens is 1. The lowest BCUT2D eigenvalue weighted by atomic mass is 10.1. The van der Waals surface area contributed by atoms with Crippen molar-refractivity contribution in [1.82, 2.24) is 0 Å². The average Bonchev–Trinajstić information content (AvgIpc) is 2.76. The molecule has 0 saturated carbocycles. The van der Waals surface area contributed by atoms with Crippen LogP contribution in [-0.2, 0) is 6.54 Å². The zero-order valence-electron chi connectivity index (χ0n) is 10.6. The third kappa shape index (κ3) is 3.33. The molecule has 0 amide bonds. The first-order valence-electron chi connectivity index (χ1n) is 5.70. The number of rotatable bonds is 4. The Labute approximate surface area is 123 Å². The quantitative estimate of drug-likeness (QED) is 0.651. The number of anilines is 1. The predicted octanol–water partition coefficient (Wildman–Crippen LogP) is 4.65. The van der Waals surface area contributed by atoms with Crippen molar-refractivity contribution in [2.24, 2.45) is 0 Å². The van der Waals surface area contributed by atoms with Crippen LogP contribution in [0.15, 0.2) is 27.4 Å². The van der Waals surface area contributed by atoms with Gasteiger partial charge >= 0.3 is 0 Å². The molecule has 0 radical (unpaired) electrons. The Hall–Kier alpha value is -1.40. The first kappa shape index (κ1) is 14.0. The van der Waals surface area contributed by atoms with Gasteiger partial charge in [0.25, 0.3) is 5.69 Å². The normalized spacial score (nSPS) is 10.5. The Kier molecular flexibility index (Phi) is 4.21. The summed E-state index contributed by atoms with van der Waals surface area (Å²) < 4.78 is 1.05. The maximum Gasteiger partial charge on any atom is 0.292 e. The fraction of sp³-hybridized carbons (Fsp3) is 0.231. The van der Waals surface area contributed by atoms with Crippen LogP contribution in [0.2, 0.25) is 0 Å². The number of nitro benzene ring substituents is 1. The molecule has 6 heteroatoms. The summed E-state index contributed by atoms with van der Waals surface area (Å²) in [5.74, 6) is 0. The number of aryl methyl sites for hydroxylation is 2. The summed E-state index contributed by atoms with van der Waals surface area (Å²) in [5, 5.41) is 16.2. The predicted molar refractivity (Wildman–Crippen MR) is 81.9 cm³/mol. The highest BCUT2D eigenvalue weighted by molar-refractivity contribution is 9.11. The van der Waals surface area contributed by atoms with Gasteiger partial charge in [-0.1, -0.05) is 0 Å². The van der Waals surface area contributed by atoms with Gasteiger partial charge in [0, 0.05) is 12.6 Å². The van der Waals surface area contributed by atoms with Crippen LogP contribution in [0, 0.1) is 24.0 Å². The lowest BCUT2D eigenvalue weighted by Gasteiger charge is -2.09. The van der Waals surface area contributed by atoms with E-state index in [2.05, 4.69) is 21.2 Å². The van der Waals surface area contributed by atoms with Gasteiger partial charge < -0.3 is 5.32 Å². The molecular weight excluding hydrogens is 328 g/mol. The maximum absolute atomic E-state index is 11.1. The second kappa shape index (κ2) is 5.71. The van der Waals surface area contributed by atoms with Gasteiger partial charge in [0.1, 0.15) is 5.69 Å². The molecule has 100 valence electrons. The molecule has 0 bridgehead atoms. The Balaban J connectivity index is 2.23. The molecule has 0 unspecified atom stereocenters. The fourth-order valence-electron chi connectivity index (χ4n) is 1.73. The van der Waals surface area contributed by atoms with E-state index in [-0.39, 0.29) is 10.6 Å². The highest BCUT2D eigenvalue weighted by Crippen LogP contribution is 2.29. The molecule has 0 aliphatic carbocycles. The molecule has 0 atom stereocenters. The molecule has 2 rings (SSSR count). The van der Waals surface area contributed by atoms with E-state index in [1.165, 1.54) is 0 Å². The summed E-state index contributed by atoms with van der Waals surface area (Å²) in [5.41, 5.74) is 3.76. The van der Waals surface area contributed by atoms with E-state index in [1.54, 1.807) is 17.4 Å². The van der Waals surface area contributed by atoms with Crippen molar-refractivity contribution in [3.63, 3.8) is 0 Å². The van der Waals surface area contributed by atoms with Gasteiger partial charge in [0.15, 0.2) is 0 Å². The molecule has 4 nitrogen and oxygen atoms in total. The van der Waals surface area contributed by atoms with Crippen LogP contribution in [0.4, 0.5) is 11.4 Å². The molecule has 1 aromatic heterocycles. The van der Waals surface area contributed by atoms with Crippen LogP contribution in [-0.4, -0.2) is 4.92 Å². The van der Waals surface area contributed by atoms with Crippen molar-refractivity contribution in [2.75, 3.05) is 5.32 Å². The smallest absolute Gasteiger partial charge is 0.292 e. The molecule has 0 aliphatic rings. The Bertz CT molecular complexity index is 625. The summed E-state index contributed by atoms with van der Waals surface area (Å²) in [6, 6.07) is 5.45. The van der Waals surface area contributed by atoms with Crippen LogP contribution < -0.4 is 5.32 Å². The first-order chi connectivity index (χ1) is 8.97. The molecule has 19 heavy (non-hydrogen) atoms. The van der Waals surface area contributed by atoms with Crippen molar-refractivity contribution in [2.45, 2.75) is 20.4 Å². The Morgan fingerprint density at radius 1 is 1.32 bits per heavy atom. The van der Waals surface area contributed by atoms with Crippen LogP contribution in [0.5, 0.6) is 0 Å². The number of nitrogens with one attached hydrogen (secondary N) is 1. The molecule has 2 aromatic rings. The highest BCUT2D eigenvalue weighted by atomic mass is 79.9. The van der Waals surface area contributed by atoms with E-state index in [4.69, 9.17) is 0 Å². The maximum atomic E-state index is 11.1. The van der Waals surface area contributed by atoms with Gasteiger partial charge in [-0.25, -0.2) is 0 Å². The van der Waals surface area contributed by atoms with Gasteiger partial charge in [-0.2, -0.15) is 0 Å². The summed E-state index contributed by atoms with van der Waals surface area (Å²) in [6.07, 6.45) is 0. The summed E-state index contributed by atoms with van der Waals surface area (Å²) >= 11 is 5.00. The zero-order chi connectivity index (χ0) is 14.0. The van der Waals surface area contributed by atoms with Crippen molar-refractivity contribution in [1.29, 1.82) is 0 Å². The zero-order valence-corrected chi connectivity index (χ0v) is 13.0. The third-order valence-corrected chi connectivity index (χ3v) is 4.47. The van der Waals surface area contributed by atoms with E-state index in [1.807, 2.05) is 31.4 Å².